The van der Waals surface area contributed by atoms with E-state index >= 15 is 0 Å². The van der Waals surface area contributed by atoms with Crippen molar-refractivity contribution >= 4 is 24.0 Å². The average molecular weight is 395 g/mol. The molecule has 1 atom stereocenters. The first-order valence-electron chi connectivity index (χ1n) is 8.61. The number of carboxylic acid groups (broad SMARTS) is 2. The van der Waals surface area contributed by atoms with Crippen molar-refractivity contribution in [3.05, 3.63) is 34.9 Å². The van der Waals surface area contributed by atoms with E-state index in [-0.39, 0.29) is 17.5 Å². The second-order valence-electron chi connectivity index (χ2n) is 7.14. The Balaban J connectivity index is 2.81. The number of alkyl carbamates (subject to hydrolysis) is 1. The van der Waals surface area contributed by atoms with Gasteiger partial charge >= 0.3 is 24.0 Å². The van der Waals surface area contributed by atoms with E-state index in [0.29, 0.717) is 18.4 Å². The quantitative estimate of drug-likeness (QED) is 0.571. The minimum atomic E-state index is -1.23. The van der Waals surface area contributed by atoms with Crippen molar-refractivity contribution in [3.63, 3.8) is 0 Å². The molecular formula is C19H25NO8. The third-order valence-corrected chi connectivity index (χ3v) is 3.62. The van der Waals surface area contributed by atoms with Gasteiger partial charge in [0.1, 0.15) is 11.6 Å². The third kappa shape index (κ3) is 7.65. The van der Waals surface area contributed by atoms with E-state index in [4.69, 9.17) is 14.9 Å². The number of carboxylic acids is 2. The number of carbonyl (C=O) groups excluding carboxylic acids is 2. The van der Waals surface area contributed by atoms with Crippen LogP contribution in [0.15, 0.2) is 18.2 Å². The van der Waals surface area contributed by atoms with Gasteiger partial charge in [-0.1, -0.05) is 0 Å². The molecule has 0 spiro atoms. The Hall–Kier alpha value is -3.10. The van der Waals surface area contributed by atoms with E-state index in [9.17, 15) is 19.2 Å². The van der Waals surface area contributed by atoms with Crippen LogP contribution in [-0.4, -0.2) is 53.0 Å². The molecule has 0 saturated carbocycles. The highest BCUT2D eigenvalue weighted by molar-refractivity contribution is 5.94. The molecule has 1 amide bonds. The average Bonchev–Trinajstić information content (AvgIpc) is 2.58. The van der Waals surface area contributed by atoms with Crippen molar-refractivity contribution in [3.8, 4) is 0 Å². The third-order valence-electron chi connectivity index (χ3n) is 3.62. The summed E-state index contributed by atoms with van der Waals surface area (Å²) in [6.45, 7) is 5.07. The molecule has 0 radical (unpaired) electrons. The summed E-state index contributed by atoms with van der Waals surface area (Å²) in [5.41, 5.74) is -0.495. The van der Waals surface area contributed by atoms with Gasteiger partial charge in [0.15, 0.2) is 0 Å². The summed E-state index contributed by atoms with van der Waals surface area (Å²) < 4.78 is 9.81. The van der Waals surface area contributed by atoms with Crippen molar-refractivity contribution in [1.82, 2.24) is 5.32 Å². The lowest BCUT2D eigenvalue weighted by molar-refractivity contribution is -0.143. The largest absolute Gasteiger partial charge is 0.478 e. The Morgan fingerprint density at radius 3 is 2.00 bits per heavy atom. The maximum Gasteiger partial charge on any atom is 0.408 e. The van der Waals surface area contributed by atoms with Crippen LogP contribution >= 0.6 is 0 Å². The number of carbonyl (C=O) groups is 4. The lowest BCUT2D eigenvalue weighted by Crippen LogP contribution is -2.44. The van der Waals surface area contributed by atoms with E-state index in [1.54, 1.807) is 20.8 Å². The minimum absolute atomic E-state index is 0.133. The zero-order valence-corrected chi connectivity index (χ0v) is 16.3. The highest BCUT2D eigenvalue weighted by atomic mass is 16.6. The van der Waals surface area contributed by atoms with Crippen LogP contribution in [0.25, 0.3) is 0 Å². The van der Waals surface area contributed by atoms with Gasteiger partial charge in [-0.3, -0.25) is 0 Å². The van der Waals surface area contributed by atoms with Crippen LogP contribution in [0.4, 0.5) is 4.79 Å². The van der Waals surface area contributed by atoms with Crippen LogP contribution in [0.1, 0.15) is 59.9 Å². The maximum absolute atomic E-state index is 11.9. The fourth-order valence-corrected chi connectivity index (χ4v) is 2.43. The van der Waals surface area contributed by atoms with Crippen molar-refractivity contribution in [1.29, 1.82) is 0 Å². The van der Waals surface area contributed by atoms with Crippen molar-refractivity contribution in [2.24, 2.45) is 0 Å². The van der Waals surface area contributed by atoms with Gasteiger partial charge in [-0.25, -0.2) is 19.2 Å². The number of hydrogen-bond donors (Lipinski definition) is 3. The number of hydrogen-bond acceptors (Lipinski definition) is 6. The van der Waals surface area contributed by atoms with Gasteiger partial charge in [0.2, 0.25) is 0 Å². The Labute approximate surface area is 162 Å². The van der Waals surface area contributed by atoms with Crippen LogP contribution in [0.5, 0.6) is 0 Å². The first kappa shape index (κ1) is 22.9. The molecule has 0 heterocycles. The number of amides is 1. The Morgan fingerprint density at radius 2 is 1.57 bits per heavy atom. The molecule has 1 aromatic carbocycles. The van der Waals surface area contributed by atoms with Crippen molar-refractivity contribution in [2.75, 3.05) is 7.11 Å². The molecule has 9 nitrogen and oxygen atoms in total. The normalized spacial score (nSPS) is 12.0. The number of rotatable bonds is 8. The lowest BCUT2D eigenvalue weighted by Gasteiger charge is -2.22. The summed E-state index contributed by atoms with van der Waals surface area (Å²) in [7, 11) is 1.20. The lowest BCUT2D eigenvalue weighted by atomic mass is 10.00. The number of esters is 1. The first-order chi connectivity index (χ1) is 12.9. The Bertz CT molecular complexity index is 719. The number of methoxy groups -OCH3 is 1. The SMILES string of the molecule is COC(=O)[C@H](CCCc1cc(C(=O)O)cc(C(=O)O)c1)NC(=O)OC(C)(C)C. The van der Waals surface area contributed by atoms with E-state index in [1.165, 1.54) is 19.2 Å². The van der Waals surface area contributed by atoms with Crippen molar-refractivity contribution in [2.45, 2.75) is 51.7 Å². The van der Waals surface area contributed by atoms with Gasteiger partial charge in [-0.2, -0.15) is 0 Å². The van der Waals surface area contributed by atoms with Crippen LogP contribution in [0.3, 0.4) is 0 Å². The maximum atomic E-state index is 11.9. The summed E-state index contributed by atoms with van der Waals surface area (Å²) in [6.07, 6.45) is 0.123. The molecule has 1 rings (SSSR count). The monoisotopic (exact) mass is 395 g/mol. The van der Waals surface area contributed by atoms with Gasteiger partial charge in [-0.05, 0) is 63.8 Å². The van der Waals surface area contributed by atoms with Gasteiger partial charge in [-0.15, -0.1) is 0 Å². The van der Waals surface area contributed by atoms with Gasteiger partial charge in [0.25, 0.3) is 0 Å². The fourth-order valence-electron chi connectivity index (χ4n) is 2.43. The van der Waals surface area contributed by atoms with E-state index < -0.39 is 35.6 Å². The molecule has 0 unspecified atom stereocenters. The number of benzene rings is 1. The van der Waals surface area contributed by atoms with Crippen LogP contribution in [0.2, 0.25) is 0 Å². The smallest absolute Gasteiger partial charge is 0.408 e. The summed E-state index contributed by atoms with van der Waals surface area (Å²) in [5.74, 6) is -3.11. The fraction of sp³-hybridized carbons (Fsp3) is 0.474. The van der Waals surface area contributed by atoms with E-state index in [2.05, 4.69) is 10.1 Å². The van der Waals surface area contributed by atoms with E-state index in [1.807, 2.05) is 0 Å². The first-order valence-corrected chi connectivity index (χ1v) is 8.61. The molecule has 3 N–H and O–H groups in total. The predicted octanol–water partition coefficient (Wildman–Crippen LogP) is 2.47. The summed E-state index contributed by atoms with van der Waals surface area (Å²) in [4.78, 5) is 46.1. The molecular weight excluding hydrogens is 370 g/mol. The molecule has 1 aromatic rings. The molecule has 154 valence electrons. The van der Waals surface area contributed by atoms with Gasteiger partial charge < -0.3 is 25.0 Å². The number of ether oxygens (including phenoxy) is 2. The second kappa shape index (κ2) is 9.72. The zero-order chi connectivity index (χ0) is 21.5. The number of aryl methyl sites for hydroxylation is 1. The molecule has 0 aliphatic rings. The van der Waals surface area contributed by atoms with Gasteiger partial charge in [0, 0.05) is 0 Å². The topological polar surface area (TPSA) is 139 Å². The molecule has 9 heteroatoms. The molecule has 0 aliphatic heterocycles. The molecule has 0 bridgehead atoms. The predicted molar refractivity (Wildman–Crippen MR) is 98.5 cm³/mol. The van der Waals surface area contributed by atoms with E-state index in [0.717, 1.165) is 6.07 Å². The van der Waals surface area contributed by atoms with Crippen molar-refractivity contribution < 1.29 is 38.9 Å². The standard InChI is InChI=1S/C19H25NO8/c1-19(2,3)28-18(26)20-14(17(25)27-4)7-5-6-11-8-12(15(21)22)10-13(9-11)16(23)24/h8-10,14H,5-7H2,1-4H3,(H,20,26)(H,21,22)(H,23,24)/t14-/m0/s1. The van der Waals surface area contributed by atoms with Gasteiger partial charge in [0.05, 0.1) is 18.2 Å². The highest BCUT2D eigenvalue weighted by Gasteiger charge is 2.24. The molecule has 0 fully saturated rings. The Morgan fingerprint density at radius 1 is 1.04 bits per heavy atom. The summed E-state index contributed by atoms with van der Waals surface area (Å²) in [5, 5.41) is 20.7. The number of nitrogens with one attached hydrogen (secondary N) is 1. The molecule has 0 aliphatic carbocycles. The Kier molecular flexibility index (Phi) is 7.97. The second-order valence-corrected chi connectivity index (χ2v) is 7.14. The van der Waals surface area contributed by atoms with Crippen LogP contribution < -0.4 is 5.32 Å². The minimum Gasteiger partial charge on any atom is -0.478 e. The van der Waals surface area contributed by atoms with Crippen LogP contribution in [0, 0.1) is 0 Å². The number of aromatic carboxylic acids is 2. The van der Waals surface area contributed by atoms with Crippen LogP contribution in [-0.2, 0) is 20.7 Å². The molecule has 0 saturated heterocycles. The highest BCUT2D eigenvalue weighted by Crippen LogP contribution is 2.15. The molecule has 0 aromatic heterocycles. The zero-order valence-electron chi connectivity index (χ0n) is 16.3. The summed E-state index contributed by atoms with van der Waals surface area (Å²) in [6, 6.07) is 2.89. The summed E-state index contributed by atoms with van der Waals surface area (Å²) >= 11 is 0. The molecule has 28 heavy (non-hydrogen) atoms.